The number of aromatic nitrogens is 3. The lowest BCUT2D eigenvalue weighted by molar-refractivity contribution is 0.0926. The molecule has 1 atom stereocenters. The molecule has 1 unspecified atom stereocenters. The van der Waals surface area contributed by atoms with Gasteiger partial charge in [-0.2, -0.15) is 0 Å². The number of carbonyl (C=O) groups is 1. The highest BCUT2D eigenvalue weighted by atomic mass is 16.2. The van der Waals surface area contributed by atoms with Gasteiger partial charge in [-0.25, -0.2) is 9.67 Å². The normalized spacial score (nSPS) is 11.8. The molecule has 5 heteroatoms. The summed E-state index contributed by atoms with van der Waals surface area (Å²) in [7, 11) is 0. The number of nitrogens with zero attached hydrogens (tertiary/aromatic N) is 3. The van der Waals surface area contributed by atoms with Crippen molar-refractivity contribution in [2.24, 2.45) is 0 Å². The average Bonchev–Trinajstić information content (AvgIpc) is 3.16. The highest BCUT2D eigenvalue weighted by Crippen LogP contribution is 2.19. The predicted molar refractivity (Wildman–Crippen MR) is 118 cm³/mol. The van der Waals surface area contributed by atoms with Gasteiger partial charge in [0.05, 0.1) is 11.7 Å². The second-order valence-electron chi connectivity index (χ2n) is 7.31. The zero-order chi connectivity index (χ0) is 20.9. The van der Waals surface area contributed by atoms with Crippen LogP contribution in [0.15, 0.2) is 84.9 Å². The summed E-state index contributed by atoms with van der Waals surface area (Å²) in [6, 6.07) is 27.9. The van der Waals surface area contributed by atoms with Crippen LogP contribution in [0.3, 0.4) is 0 Å². The number of amides is 1. The first-order valence-corrected chi connectivity index (χ1v) is 10.0. The number of carbonyl (C=O) groups excluding carboxylic acids is 1. The minimum absolute atomic E-state index is 0.171. The van der Waals surface area contributed by atoms with Crippen LogP contribution in [0.2, 0.25) is 0 Å². The number of nitrogens with one attached hydrogen (secondary N) is 1. The largest absolute Gasteiger partial charge is 0.342 e. The minimum Gasteiger partial charge on any atom is -0.342 e. The third-order valence-electron chi connectivity index (χ3n) is 5.11. The van der Waals surface area contributed by atoms with E-state index in [2.05, 4.69) is 27.5 Å². The summed E-state index contributed by atoms with van der Waals surface area (Å²) in [5.74, 6) is 0.564. The van der Waals surface area contributed by atoms with Crippen molar-refractivity contribution in [3.63, 3.8) is 0 Å². The summed E-state index contributed by atoms with van der Waals surface area (Å²) in [6.45, 7) is 3.87. The zero-order valence-corrected chi connectivity index (χ0v) is 17.1. The number of hydrogen-bond donors (Lipinski definition) is 1. The smallest absolute Gasteiger partial charge is 0.291 e. The molecule has 30 heavy (non-hydrogen) atoms. The van der Waals surface area contributed by atoms with Crippen molar-refractivity contribution in [3.8, 4) is 5.69 Å². The molecule has 4 aromatic rings. The standard InChI is InChI=1S/C25H24N4O/c1-18-11-9-10-16-23(18)29-19(2)26-24(28-29)25(30)27-22(21-14-7-4-8-15-21)17-20-12-5-3-6-13-20/h3-16,22H,17H2,1-2H3,(H,27,30). The summed E-state index contributed by atoms with van der Waals surface area (Å²) < 4.78 is 1.72. The number of para-hydroxylation sites is 1. The van der Waals surface area contributed by atoms with Crippen LogP contribution in [0, 0.1) is 13.8 Å². The van der Waals surface area contributed by atoms with Crippen LogP contribution in [-0.2, 0) is 6.42 Å². The van der Waals surface area contributed by atoms with E-state index in [4.69, 9.17) is 0 Å². The van der Waals surface area contributed by atoms with Crippen LogP contribution in [0.4, 0.5) is 0 Å². The van der Waals surface area contributed by atoms with Gasteiger partial charge in [0.25, 0.3) is 5.91 Å². The van der Waals surface area contributed by atoms with E-state index >= 15 is 0 Å². The zero-order valence-electron chi connectivity index (χ0n) is 17.1. The average molecular weight is 396 g/mol. The Morgan fingerprint density at radius 2 is 1.53 bits per heavy atom. The first kappa shape index (κ1) is 19.6. The minimum atomic E-state index is -0.282. The molecule has 0 spiro atoms. The van der Waals surface area contributed by atoms with Gasteiger partial charge in [0.15, 0.2) is 0 Å². The SMILES string of the molecule is Cc1ccccc1-n1nc(C(=O)NC(Cc2ccccc2)c2ccccc2)nc1C. The van der Waals surface area contributed by atoms with Crippen molar-refractivity contribution in [2.45, 2.75) is 26.3 Å². The van der Waals surface area contributed by atoms with Gasteiger partial charge in [-0.05, 0) is 43.0 Å². The molecule has 0 saturated carbocycles. The summed E-state index contributed by atoms with van der Waals surface area (Å²) >= 11 is 0. The Kier molecular flexibility index (Phi) is 5.70. The summed E-state index contributed by atoms with van der Waals surface area (Å²) in [5, 5.41) is 7.62. The first-order chi connectivity index (χ1) is 14.6. The maximum atomic E-state index is 13.1. The molecule has 0 fully saturated rings. The highest BCUT2D eigenvalue weighted by molar-refractivity contribution is 5.90. The van der Waals surface area contributed by atoms with E-state index in [9.17, 15) is 4.79 Å². The lowest BCUT2D eigenvalue weighted by Gasteiger charge is -2.18. The molecule has 0 bridgehead atoms. The third-order valence-corrected chi connectivity index (χ3v) is 5.11. The van der Waals surface area contributed by atoms with Gasteiger partial charge < -0.3 is 5.32 Å². The molecule has 0 aliphatic carbocycles. The fraction of sp³-hybridized carbons (Fsp3) is 0.160. The molecule has 0 saturated heterocycles. The second-order valence-corrected chi connectivity index (χ2v) is 7.31. The highest BCUT2D eigenvalue weighted by Gasteiger charge is 2.21. The van der Waals surface area contributed by atoms with Crippen LogP contribution in [0.1, 0.15) is 39.2 Å². The monoisotopic (exact) mass is 396 g/mol. The number of aryl methyl sites for hydroxylation is 2. The van der Waals surface area contributed by atoms with Crippen LogP contribution >= 0.6 is 0 Å². The number of rotatable bonds is 6. The van der Waals surface area contributed by atoms with Crippen LogP contribution in [0.25, 0.3) is 5.69 Å². The van der Waals surface area contributed by atoms with E-state index in [0.717, 1.165) is 22.4 Å². The molecule has 0 aliphatic heterocycles. The summed E-state index contributed by atoms with van der Waals surface area (Å²) in [6.07, 6.45) is 0.689. The Morgan fingerprint density at radius 1 is 0.900 bits per heavy atom. The fourth-order valence-corrected chi connectivity index (χ4v) is 3.53. The topological polar surface area (TPSA) is 59.8 Å². The summed E-state index contributed by atoms with van der Waals surface area (Å²) in [4.78, 5) is 17.5. The van der Waals surface area contributed by atoms with Crippen molar-refractivity contribution in [1.82, 2.24) is 20.1 Å². The van der Waals surface area contributed by atoms with E-state index in [1.165, 1.54) is 0 Å². The van der Waals surface area contributed by atoms with Gasteiger partial charge >= 0.3 is 0 Å². The van der Waals surface area contributed by atoms with Gasteiger partial charge in [-0.15, -0.1) is 5.10 Å². The molecular weight excluding hydrogens is 372 g/mol. The molecule has 1 amide bonds. The van der Waals surface area contributed by atoms with Gasteiger partial charge in [0.1, 0.15) is 5.82 Å². The van der Waals surface area contributed by atoms with Crippen molar-refractivity contribution in [3.05, 3.63) is 113 Å². The molecule has 150 valence electrons. The molecule has 3 aromatic carbocycles. The van der Waals surface area contributed by atoms with Crippen LogP contribution < -0.4 is 5.32 Å². The molecule has 0 radical (unpaired) electrons. The molecule has 1 aromatic heterocycles. The van der Waals surface area contributed by atoms with E-state index in [1.807, 2.05) is 86.6 Å². The summed E-state index contributed by atoms with van der Waals surface area (Å²) in [5.41, 5.74) is 4.19. The Bertz CT molecular complexity index is 1140. The second kappa shape index (κ2) is 8.74. The Labute approximate surface area is 176 Å². The molecule has 1 N–H and O–H groups in total. The van der Waals surface area contributed by atoms with E-state index in [-0.39, 0.29) is 17.8 Å². The van der Waals surface area contributed by atoms with Gasteiger partial charge in [0, 0.05) is 0 Å². The first-order valence-electron chi connectivity index (χ1n) is 10.0. The van der Waals surface area contributed by atoms with E-state index < -0.39 is 0 Å². The van der Waals surface area contributed by atoms with Gasteiger partial charge in [-0.3, -0.25) is 4.79 Å². The maximum absolute atomic E-state index is 13.1. The van der Waals surface area contributed by atoms with Crippen LogP contribution in [0.5, 0.6) is 0 Å². The number of hydrogen-bond acceptors (Lipinski definition) is 3. The third kappa shape index (κ3) is 4.30. The van der Waals surface area contributed by atoms with Gasteiger partial charge in [0.2, 0.25) is 5.82 Å². The Hall–Kier alpha value is -3.73. The van der Waals surface area contributed by atoms with Crippen molar-refractivity contribution in [2.75, 3.05) is 0 Å². The molecule has 4 rings (SSSR count). The molecule has 1 heterocycles. The number of benzene rings is 3. The Morgan fingerprint density at radius 3 is 2.23 bits per heavy atom. The predicted octanol–water partition coefficient (Wildman–Crippen LogP) is 4.60. The maximum Gasteiger partial charge on any atom is 0.291 e. The molecule has 0 aliphatic rings. The van der Waals surface area contributed by atoms with Crippen molar-refractivity contribution < 1.29 is 4.79 Å². The van der Waals surface area contributed by atoms with Crippen LogP contribution in [-0.4, -0.2) is 20.7 Å². The van der Waals surface area contributed by atoms with Crippen molar-refractivity contribution >= 4 is 5.91 Å². The van der Waals surface area contributed by atoms with E-state index in [0.29, 0.717) is 12.2 Å². The Balaban J connectivity index is 1.60. The van der Waals surface area contributed by atoms with Gasteiger partial charge in [-0.1, -0.05) is 78.9 Å². The van der Waals surface area contributed by atoms with E-state index in [1.54, 1.807) is 4.68 Å². The molecular formula is C25H24N4O. The molecule has 5 nitrogen and oxygen atoms in total. The lowest BCUT2D eigenvalue weighted by Crippen LogP contribution is -2.31. The van der Waals surface area contributed by atoms with Crippen molar-refractivity contribution in [1.29, 1.82) is 0 Å². The fourth-order valence-electron chi connectivity index (χ4n) is 3.53. The quantitative estimate of drug-likeness (QED) is 0.518. The lowest BCUT2D eigenvalue weighted by atomic mass is 9.99.